The summed E-state index contributed by atoms with van der Waals surface area (Å²) in [5.41, 5.74) is 6.38. The molecule has 0 saturated heterocycles. The predicted octanol–water partition coefficient (Wildman–Crippen LogP) is 5.82. The van der Waals surface area contributed by atoms with Gasteiger partial charge < -0.3 is 0 Å². The van der Waals surface area contributed by atoms with E-state index >= 15 is 0 Å². The van der Waals surface area contributed by atoms with E-state index in [1.54, 1.807) is 0 Å². The number of fused-ring (bicyclic) bond motifs is 3. The smallest absolute Gasteiger partial charge is 0.0970 e. The van der Waals surface area contributed by atoms with E-state index in [4.69, 9.17) is 0 Å². The lowest BCUT2D eigenvalue weighted by molar-refractivity contribution is 1.36. The van der Waals surface area contributed by atoms with Gasteiger partial charge in [0.2, 0.25) is 0 Å². The minimum Gasteiger partial charge on any atom is -0.254 e. The largest absolute Gasteiger partial charge is 0.254 e. The van der Waals surface area contributed by atoms with Crippen LogP contribution in [-0.2, 0) is 0 Å². The summed E-state index contributed by atoms with van der Waals surface area (Å²) in [5, 5.41) is 2.25. The summed E-state index contributed by atoms with van der Waals surface area (Å²) in [4.78, 5) is 9.13. The number of allylic oxidation sites excluding steroid dienone is 2. The fraction of sp³-hybridized carbons (Fsp3) is 0.0435. The molecule has 25 heavy (non-hydrogen) atoms. The summed E-state index contributed by atoms with van der Waals surface area (Å²) in [6.45, 7) is 6.34. The van der Waals surface area contributed by atoms with Gasteiger partial charge in [0.05, 0.1) is 11.0 Å². The van der Waals surface area contributed by atoms with Crippen LogP contribution in [0.15, 0.2) is 79.6 Å². The second-order valence-corrected chi connectivity index (χ2v) is 6.06. The molecule has 4 aromatic rings. The van der Waals surface area contributed by atoms with Crippen LogP contribution in [0.2, 0.25) is 0 Å². The van der Waals surface area contributed by atoms with Crippen LogP contribution in [0.25, 0.3) is 33.5 Å². The predicted molar refractivity (Wildman–Crippen MR) is 106 cm³/mol. The third-order valence-corrected chi connectivity index (χ3v) is 4.53. The maximum absolute atomic E-state index is 4.58. The van der Waals surface area contributed by atoms with Crippen LogP contribution < -0.4 is 0 Å². The number of rotatable bonds is 3. The van der Waals surface area contributed by atoms with E-state index < -0.39 is 0 Å². The van der Waals surface area contributed by atoms with Gasteiger partial charge in [0.15, 0.2) is 0 Å². The Morgan fingerprint density at radius 1 is 0.840 bits per heavy atom. The Hall–Kier alpha value is -3.26. The number of hydrogen-bond donors (Lipinski definition) is 0. The van der Waals surface area contributed by atoms with Crippen molar-refractivity contribution >= 4 is 33.5 Å². The number of pyridine rings is 2. The summed E-state index contributed by atoms with van der Waals surface area (Å²) >= 11 is 0. The van der Waals surface area contributed by atoms with Crippen molar-refractivity contribution < 1.29 is 0 Å². The zero-order valence-corrected chi connectivity index (χ0v) is 14.1. The van der Waals surface area contributed by atoms with Crippen molar-refractivity contribution in [2.24, 2.45) is 0 Å². The minimum absolute atomic E-state index is 0.939. The van der Waals surface area contributed by atoms with Gasteiger partial charge in [0.1, 0.15) is 0 Å². The highest BCUT2D eigenvalue weighted by atomic mass is 14.7. The van der Waals surface area contributed by atoms with Crippen molar-refractivity contribution in [1.82, 2.24) is 9.97 Å². The Balaban J connectivity index is 1.90. The van der Waals surface area contributed by atoms with E-state index in [-0.39, 0.29) is 0 Å². The van der Waals surface area contributed by atoms with Crippen LogP contribution >= 0.6 is 0 Å². The first-order chi connectivity index (χ1) is 12.3. The minimum atomic E-state index is 0.939. The normalized spacial score (nSPS) is 11.4. The van der Waals surface area contributed by atoms with E-state index in [9.17, 15) is 0 Å². The van der Waals surface area contributed by atoms with E-state index in [0.717, 1.165) is 32.9 Å². The number of benzene rings is 2. The molecule has 0 unspecified atom stereocenters. The van der Waals surface area contributed by atoms with Crippen molar-refractivity contribution in [3.63, 3.8) is 0 Å². The quantitative estimate of drug-likeness (QED) is 0.351. The average Bonchev–Trinajstić information content (AvgIpc) is 2.68. The lowest BCUT2D eigenvalue weighted by Gasteiger charge is -2.11. The third kappa shape index (κ3) is 2.72. The number of nitrogens with zero attached hydrogens (tertiary/aromatic N) is 2. The van der Waals surface area contributed by atoms with Crippen molar-refractivity contribution in [2.75, 3.05) is 0 Å². The van der Waals surface area contributed by atoms with Crippen molar-refractivity contribution in [1.29, 1.82) is 0 Å². The van der Waals surface area contributed by atoms with Gasteiger partial charge in [0, 0.05) is 23.2 Å². The monoisotopic (exact) mass is 322 g/mol. The van der Waals surface area contributed by atoms with Crippen LogP contribution in [0, 0.1) is 6.92 Å². The molecule has 0 aliphatic rings. The van der Waals surface area contributed by atoms with Crippen LogP contribution in [0.4, 0.5) is 0 Å². The van der Waals surface area contributed by atoms with Gasteiger partial charge in [-0.1, -0.05) is 61.2 Å². The Morgan fingerprint density at radius 3 is 2.20 bits per heavy atom. The summed E-state index contributed by atoms with van der Waals surface area (Å²) in [6.07, 6.45) is 7.86. The molecule has 0 N–H and O–H groups in total. The van der Waals surface area contributed by atoms with Crippen LogP contribution in [0.3, 0.4) is 0 Å². The first-order valence-electron chi connectivity index (χ1n) is 8.30. The van der Waals surface area contributed by atoms with Gasteiger partial charge in [0.25, 0.3) is 0 Å². The Kier molecular flexibility index (Phi) is 3.87. The third-order valence-electron chi connectivity index (χ3n) is 4.53. The number of aromatic nitrogens is 2. The molecule has 0 aliphatic carbocycles. The van der Waals surface area contributed by atoms with Gasteiger partial charge in [-0.3, -0.25) is 9.97 Å². The molecule has 120 valence electrons. The topological polar surface area (TPSA) is 25.8 Å². The summed E-state index contributed by atoms with van der Waals surface area (Å²) < 4.78 is 0. The average molecular weight is 322 g/mol. The van der Waals surface area contributed by atoms with E-state index in [1.165, 1.54) is 11.1 Å². The molecule has 4 rings (SSSR count). The standard InChI is InChI=1S/C23H18N2/c1-16(18-8-4-3-5-9-18)12-13-19-17(2)20-10-6-14-24-22(20)23-21(19)11-7-15-25-23/h3-15H,1H2,2H3/b13-12-. The van der Waals surface area contributed by atoms with Gasteiger partial charge >= 0.3 is 0 Å². The van der Waals surface area contributed by atoms with E-state index in [2.05, 4.69) is 59.9 Å². The molecule has 2 heterocycles. The zero-order chi connectivity index (χ0) is 17.2. The van der Waals surface area contributed by atoms with Gasteiger partial charge in [-0.05, 0) is 41.3 Å². The molecule has 2 aromatic carbocycles. The van der Waals surface area contributed by atoms with Gasteiger partial charge in [-0.15, -0.1) is 0 Å². The molecule has 0 atom stereocenters. The summed E-state index contributed by atoms with van der Waals surface area (Å²) in [6, 6.07) is 18.4. The number of hydrogen-bond acceptors (Lipinski definition) is 2. The van der Waals surface area contributed by atoms with Crippen molar-refractivity contribution in [3.05, 3.63) is 96.3 Å². The molecule has 0 radical (unpaired) electrons. The second kappa shape index (κ2) is 6.33. The molecule has 2 aromatic heterocycles. The Labute approximate surface area is 147 Å². The van der Waals surface area contributed by atoms with Crippen LogP contribution in [0.5, 0.6) is 0 Å². The highest BCUT2D eigenvalue weighted by Gasteiger charge is 2.11. The first-order valence-corrected chi connectivity index (χ1v) is 8.30. The Morgan fingerprint density at radius 2 is 1.48 bits per heavy atom. The molecule has 2 heteroatoms. The summed E-state index contributed by atoms with van der Waals surface area (Å²) in [7, 11) is 0. The lowest BCUT2D eigenvalue weighted by Crippen LogP contribution is -1.92. The molecule has 0 saturated carbocycles. The maximum Gasteiger partial charge on any atom is 0.0970 e. The van der Waals surface area contributed by atoms with E-state index in [0.29, 0.717) is 0 Å². The molecule has 0 aliphatic heterocycles. The fourth-order valence-corrected chi connectivity index (χ4v) is 3.20. The van der Waals surface area contributed by atoms with Gasteiger partial charge in [-0.25, -0.2) is 0 Å². The number of aryl methyl sites for hydroxylation is 1. The van der Waals surface area contributed by atoms with Crippen molar-refractivity contribution in [2.45, 2.75) is 6.92 Å². The molecule has 0 amide bonds. The van der Waals surface area contributed by atoms with Crippen molar-refractivity contribution in [3.8, 4) is 0 Å². The molecule has 0 spiro atoms. The highest BCUT2D eigenvalue weighted by Crippen LogP contribution is 2.31. The molecular weight excluding hydrogens is 304 g/mol. The summed E-state index contributed by atoms with van der Waals surface area (Å²) in [5.74, 6) is 0. The lowest BCUT2D eigenvalue weighted by atomic mass is 9.96. The maximum atomic E-state index is 4.58. The molecule has 0 fully saturated rings. The first kappa shape index (κ1) is 15.3. The fourth-order valence-electron chi connectivity index (χ4n) is 3.20. The molecule has 2 nitrogen and oxygen atoms in total. The van der Waals surface area contributed by atoms with Crippen LogP contribution in [0.1, 0.15) is 16.7 Å². The van der Waals surface area contributed by atoms with E-state index in [1.807, 2.05) is 42.7 Å². The SMILES string of the molecule is C=C(/C=C\c1c(C)c2cccnc2c2ncccc12)c1ccccc1. The molecule has 0 bridgehead atoms. The van der Waals surface area contributed by atoms with Gasteiger partial charge in [-0.2, -0.15) is 0 Å². The Bertz CT molecular complexity index is 1110. The van der Waals surface area contributed by atoms with Crippen LogP contribution in [-0.4, -0.2) is 9.97 Å². The second-order valence-electron chi connectivity index (χ2n) is 6.06. The zero-order valence-electron chi connectivity index (χ0n) is 14.1. The molecular formula is C23H18N2. The highest BCUT2D eigenvalue weighted by molar-refractivity contribution is 6.09.